The maximum atomic E-state index is 5.60. The summed E-state index contributed by atoms with van der Waals surface area (Å²) < 4.78 is 7.28. The van der Waals surface area contributed by atoms with Crippen LogP contribution >= 0.6 is 31.9 Å². The second-order valence-electron chi connectivity index (χ2n) is 4.94. The van der Waals surface area contributed by atoms with Gasteiger partial charge in [-0.15, -0.1) is 0 Å². The number of furan rings is 1. The van der Waals surface area contributed by atoms with Crippen LogP contribution in [0.2, 0.25) is 0 Å². The number of halogens is 2. The van der Waals surface area contributed by atoms with Crippen molar-refractivity contribution in [1.29, 1.82) is 0 Å². The molecule has 1 aromatic carbocycles. The van der Waals surface area contributed by atoms with Gasteiger partial charge in [0.1, 0.15) is 5.76 Å². The smallest absolute Gasteiger partial charge is 0.183 e. The van der Waals surface area contributed by atoms with Crippen molar-refractivity contribution in [3.05, 3.63) is 56.9 Å². The SMILES string of the molecule is CN(C)CC(NCc1cc(Br)c(Br)o1)c1ccccc1. The van der Waals surface area contributed by atoms with Crippen LogP contribution in [0.4, 0.5) is 0 Å². The Hall–Kier alpha value is -0.620. The van der Waals surface area contributed by atoms with E-state index in [1.807, 2.05) is 12.1 Å². The van der Waals surface area contributed by atoms with Gasteiger partial charge in [-0.25, -0.2) is 0 Å². The van der Waals surface area contributed by atoms with Gasteiger partial charge < -0.3 is 14.6 Å². The molecule has 1 aromatic heterocycles. The quantitative estimate of drug-likeness (QED) is 0.786. The van der Waals surface area contributed by atoms with Crippen molar-refractivity contribution in [2.75, 3.05) is 20.6 Å². The van der Waals surface area contributed by atoms with Crippen LogP contribution in [0.5, 0.6) is 0 Å². The fraction of sp³-hybridized carbons (Fsp3) is 0.333. The highest BCUT2D eigenvalue weighted by molar-refractivity contribution is 9.13. The molecule has 2 rings (SSSR count). The number of nitrogens with zero attached hydrogens (tertiary/aromatic N) is 1. The molecule has 0 bridgehead atoms. The van der Waals surface area contributed by atoms with Crippen molar-refractivity contribution in [2.24, 2.45) is 0 Å². The van der Waals surface area contributed by atoms with Crippen molar-refractivity contribution in [1.82, 2.24) is 10.2 Å². The second kappa shape index (κ2) is 7.41. The maximum Gasteiger partial charge on any atom is 0.183 e. The van der Waals surface area contributed by atoms with Crippen LogP contribution in [0.25, 0.3) is 0 Å². The van der Waals surface area contributed by atoms with Crippen molar-refractivity contribution < 1.29 is 4.42 Å². The molecule has 0 fully saturated rings. The topological polar surface area (TPSA) is 28.4 Å². The van der Waals surface area contributed by atoms with Crippen molar-refractivity contribution in [3.63, 3.8) is 0 Å². The minimum Gasteiger partial charge on any atom is -0.452 e. The lowest BCUT2D eigenvalue weighted by Gasteiger charge is -2.22. The van der Waals surface area contributed by atoms with Crippen LogP contribution in [-0.2, 0) is 6.54 Å². The standard InChI is InChI=1S/C15H18Br2N2O/c1-19(2)10-14(11-6-4-3-5-7-11)18-9-12-8-13(16)15(17)20-12/h3-8,14,18H,9-10H2,1-2H3. The number of benzene rings is 1. The van der Waals surface area contributed by atoms with Crippen LogP contribution < -0.4 is 5.32 Å². The molecule has 0 saturated carbocycles. The first-order chi connectivity index (χ1) is 9.56. The minimum absolute atomic E-state index is 0.272. The second-order valence-corrected chi connectivity index (χ2v) is 6.52. The van der Waals surface area contributed by atoms with Gasteiger partial charge in [-0.3, -0.25) is 0 Å². The summed E-state index contributed by atoms with van der Waals surface area (Å²) in [6.07, 6.45) is 0. The number of rotatable bonds is 6. The molecule has 2 aromatic rings. The van der Waals surface area contributed by atoms with Gasteiger partial charge in [0.2, 0.25) is 0 Å². The number of hydrogen-bond acceptors (Lipinski definition) is 3. The maximum absolute atomic E-state index is 5.60. The van der Waals surface area contributed by atoms with Gasteiger partial charge in [0.25, 0.3) is 0 Å². The monoisotopic (exact) mass is 400 g/mol. The zero-order valence-electron chi connectivity index (χ0n) is 11.6. The zero-order chi connectivity index (χ0) is 14.5. The molecule has 0 aliphatic heterocycles. The van der Waals surface area contributed by atoms with Crippen molar-refractivity contribution >= 4 is 31.9 Å². The molecule has 1 atom stereocenters. The molecule has 0 radical (unpaired) electrons. The number of hydrogen-bond donors (Lipinski definition) is 1. The summed E-state index contributed by atoms with van der Waals surface area (Å²) >= 11 is 6.79. The Balaban J connectivity index is 2.04. The third kappa shape index (κ3) is 4.45. The number of likely N-dealkylation sites (N-methyl/N-ethyl adjacent to an activating group) is 1. The van der Waals surface area contributed by atoms with Crippen molar-refractivity contribution in [3.8, 4) is 0 Å². The Kier molecular flexibility index (Phi) is 5.84. The fourth-order valence-electron chi connectivity index (χ4n) is 2.04. The van der Waals surface area contributed by atoms with E-state index >= 15 is 0 Å². The largest absolute Gasteiger partial charge is 0.452 e. The Morgan fingerprint density at radius 3 is 2.45 bits per heavy atom. The summed E-state index contributed by atoms with van der Waals surface area (Å²) in [5.41, 5.74) is 1.28. The third-order valence-corrected chi connectivity index (χ3v) is 4.68. The summed E-state index contributed by atoms with van der Waals surface area (Å²) in [6, 6.07) is 12.7. The molecule has 1 N–H and O–H groups in total. The molecule has 1 unspecified atom stereocenters. The molecule has 3 nitrogen and oxygen atoms in total. The van der Waals surface area contributed by atoms with E-state index in [4.69, 9.17) is 4.42 Å². The summed E-state index contributed by atoms with van der Waals surface area (Å²) in [7, 11) is 4.16. The van der Waals surface area contributed by atoms with E-state index in [1.165, 1.54) is 5.56 Å². The predicted octanol–water partition coefficient (Wildman–Crippen LogP) is 4.20. The number of nitrogens with one attached hydrogen (secondary N) is 1. The zero-order valence-corrected chi connectivity index (χ0v) is 14.7. The normalized spacial score (nSPS) is 12.8. The summed E-state index contributed by atoms with van der Waals surface area (Å²) in [4.78, 5) is 2.18. The van der Waals surface area contributed by atoms with Gasteiger partial charge in [0, 0.05) is 12.6 Å². The lowest BCUT2D eigenvalue weighted by atomic mass is 10.1. The van der Waals surface area contributed by atoms with Crippen LogP contribution in [0, 0.1) is 0 Å². The Morgan fingerprint density at radius 1 is 1.20 bits per heavy atom. The lowest BCUT2D eigenvalue weighted by Crippen LogP contribution is -2.30. The van der Waals surface area contributed by atoms with Crippen LogP contribution in [0.15, 0.2) is 50.0 Å². The molecule has 0 spiro atoms. The van der Waals surface area contributed by atoms with E-state index in [9.17, 15) is 0 Å². The first-order valence-corrected chi connectivity index (χ1v) is 8.01. The Bertz CT molecular complexity index is 521. The van der Waals surface area contributed by atoms with E-state index in [-0.39, 0.29) is 6.04 Å². The van der Waals surface area contributed by atoms with E-state index in [0.29, 0.717) is 6.54 Å². The first-order valence-electron chi connectivity index (χ1n) is 6.43. The van der Waals surface area contributed by atoms with E-state index in [2.05, 4.69) is 80.4 Å². The molecular weight excluding hydrogens is 384 g/mol. The Labute approximate surface area is 136 Å². The summed E-state index contributed by atoms with van der Waals surface area (Å²) in [5, 5.41) is 3.55. The molecule has 0 saturated heterocycles. The average molecular weight is 402 g/mol. The molecule has 20 heavy (non-hydrogen) atoms. The van der Waals surface area contributed by atoms with Gasteiger partial charge in [-0.2, -0.15) is 0 Å². The van der Waals surface area contributed by atoms with Gasteiger partial charge >= 0.3 is 0 Å². The van der Waals surface area contributed by atoms with E-state index in [0.717, 1.165) is 21.4 Å². The Morgan fingerprint density at radius 2 is 1.90 bits per heavy atom. The van der Waals surface area contributed by atoms with E-state index < -0.39 is 0 Å². The molecule has 0 aliphatic rings. The summed E-state index contributed by atoms with van der Waals surface area (Å²) in [5.74, 6) is 0.906. The predicted molar refractivity (Wildman–Crippen MR) is 88.7 cm³/mol. The van der Waals surface area contributed by atoms with Gasteiger partial charge in [-0.05, 0) is 57.6 Å². The lowest BCUT2D eigenvalue weighted by molar-refractivity contribution is 0.331. The highest BCUT2D eigenvalue weighted by Crippen LogP contribution is 2.27. The third-order valence-electron chi connectivity index (χ3n) is 2.97. The highest BCUT2D eigenvalue weighted by Gasteiger charge is 2.13. The van der Waals surface area contributed by atoms with Gasteiger partial charge in [0.05, 0.1) is 11.0 Å². The van der Waals surface area contributed by atoms with Gasteiger partial charge in [0.15, 0.2) is 4.67 Å². The molecule has 0 aliphatic carbocycles. The van der Waals surface area contributed by atoms with Crippen LogP contribution in [-0.4, -0.2) is 25.5 Å². The van der Waals surface area contributed by atoms with Crippen LogP contribution in [0.3, 0.4) is 0 Å². The summed E-state index contributed by atoms with van der Waals surface area (Å²) in [6.45, 7) is 1.63. The first kappa shape index (κ1) is 15.8. The highest BCUT2D eigenvalue weighted by atomic mass is 79.9. The average Bonchev–Trinajstić information content (AvgIpc) is 2.74. The molecule has 108 valence electrons. The molecule has 1 heterocycles. The fourth-order valence-corrected chi connectivity index (χ4v) is 2.70. The molecular formula is C15H18Br2N2O. The minimum atomic E-state index is 0.272. The molecule has 0 amide bonds. The van der Waals surface area contributed by atoms with Crippen molar-refractivity contribution in [2.45, 2.75) is 12.6 Å². The van der Waals surface area contributed by atoms with E-state index in [1.54, 1.807) is 0 Å². The van der Waals surface area contributed by atoms with Crippen LogP contribution in [0.1, 0.15) is 17.4 Å². The van der Waals surface area contributed by atoms with Gasteiger partial charge in [-0.1, -0.05) is 30.3 Å². The molecule has 5 heteroatoms.